The average molecular weight is 393 g/mol. The Balaban J connectivity index is 1.96. The van der Waals surface area contributed by atoms with Crippen LogP contribution in [0.4, 0.5) is 0 Å². The largest absolute Gasteiger partial charge is 0.463 e. The fourth-order valence-corrected chi connectivity index (χ4v) is 3.70. The van der Waals surface area contributed by atoms with E-state index in [4.69, 9.17) is 16.0 Å². The Morgan fingerprint density at radius 3 is 2.81 bits per heavy atom. The molecule has 0 saturated heterocycles. The summed E-state index contributed by atoms with van der Waals surface area (Å²) in [6.07, 6.45) is 0. The van der Waals surface area contributed by atoms with Gasteiger partial charge in [0.2, 0.25) is 5.76 Å². The number of hydrogen-bond donors (Lipinski definition) is 0. The number of aromatic nitrogens is 2. The summed E-state index contributed by atoms with van der Waals surface area (Å²) < 4.78 is 11.7. The molecule has 2 aromatic heterocycles. The topological polar surface area (TPSA) is 74.3 Å². The van der Waals surface area contributed by atoms with Crippen molar-refractivity contribution in [2.45, 2.75) is 30.8 Å². The second kappa shape index (κ2) is 7.55. The number of benzene rings is 1. The van der Waals surface area contributed by atoms with E-state index in [-0.39, 0.29) is 17.4 Å². The minimum atomic E-state index is -0.529. The summed E-state index contributed by atoms with van der Waals surface area (Å²) in [6.45, 7) is 3.86. The van der Waals surface area contributed by atoms with Gasteiger partial charge >= 0.3 is 5.97 Å². The van der Waals surface area contributed by atoms with Gasteiger partial charge in [-0.05, 0) is 44.2 Å². The maximum absolute atomic E-state index is 12.8. The van der Waals surface area contributed by atoms with Gasteiger partial charge in [-0.1, -0.05) is 23.4 Å². The number of methoxy groups -OCH3 is 1. The van der Waals surface area contributed by atoms with Crippen molar-refractivity contribution < 1.29 is 13.9 Å². The van der Waals surface area contributed by atoms with Crippen LogP contribution < -0.4 is 5.56 Å². The van der Waals surface area contributed by atoms with E-state index in [1.54, 1.807) is 34.9 Å². The highest BCUT2D eigenvalue weighted by molar-refractivity contribution is 7.98. The fourth-order valence-electron chi connectivity index (χ4n) is 2.51. The van der Waals surface area contributed by atoms with Crippen molar-refractivity contribution in [3.63, 3.8) is 0 Å². The van der Waals surface area contributed by atoms with Gasteiger partial charge in [0.1, 0.15) is 5.76 Å². The molecule has 0 bridgehead atoms. The monoisotopic (exact) mass is 392 g/mol. The summed E-state index contributed by atoms with van der Waals surface area (Å²) in [5, 5.41) is 1.62. The predicted molar refractivity (Wildman–Crippen MR) is 101 cm³/mol. The van der Waals surface area contributed by atoms with Gasteiger partial charge in [0, 0.05) is 11.1 Å². The zero-order chi connectivity index (χ0) is 18.8. The third-order valence-corrected chi connectivity index (χ3v) is 4.95. The van der Waals surface area contributed by atoms with Crippen LogP contribution in [0.15, 0.2) is 44.7 Å². The number of carbonyl (C=O) groups excluding carboxylic acids is 1. The van der Waals surface area contributed by atoms with Crippen LogP contribution >= 0.6 is 23.4 Å². The van der Waals surface area contributed by atoms with E-state index in [1.165, 1.54) is 18.9 Å². The molecule has 0 atom stereocenters. The average Bonchev–Trinajstić information content (AvgIpc) is 3.07. The summed E-state index contributed by atoms with van der Waals surface area (Å²) >= 11 is 7.39. The molecule has 0 saturated carbocycles. The highest BCUT2D eigenvalue weighted by atomic mass is 35.5. The maximum Gasteiger partial charge on any atom is 0.373 e. The predicted octanol–water partition coefficient (Wildman–Crippen LogP) is 4.30. The van der Waals surface area contributed by atoms with Crippen molar-refractivity contribution in [2.75, 3.05) is 7.11 Å². The fraction of sp³-hybridized carbons (Fsp3) is 0.278. The first-order chi connectivity index (χ1) is 12.4. The smallest absolute Gasteiger partial charge is 0.373 e. The number of esters is 1. The molecular weight excluding hydrogens is 376 g/mol. The normalized spacial score (nSPS) is 11.3. The van der Waals surface area contributed by atoms with E-state index in [0.717, 1.165) is 0 Å². The molecule has 0 aliphatic carbocycles. The summed E-state index contributed by atoms with van der Waals surface area (Å²) in [6, 6.07) is 8.26. The van der Waals surface area contributed by atoms with Crippen LogP contribution in [0.25, 0.3) is 10.9 Å². The van der Waals surface area contributed by atoms with Crippen molar-refractivity contribution in [1.29, 1.82) is 0 Å². The molecule has 3 rings (SSSR count). The number of fused-ring (bicyclic) bond motifs is 1. The number of ether oxygens (including phenoxy) is 1. The van der Waals surface area contributed by atoms with Crippen molar-refractivity contribution in [3.05, 3.63) is 57.2 Å². The molecule has 3 aromatic rings. The third kappa shape index (κ3) is 3.64. The summed E-state index contributed by atoms with van der Waals surface area (Å²) in [7, 11) is 1.30. The zero-order valence-electron chi connectivity index (χ0n) is 14.5. The van der Waals surface area contributed by atoms with Crippen molar-refractivity contribution >= 4 is 40.2 Å². The lowest BCUT2D eigenvalue weighted by atomic mass is 10.2. The number of hydrogen-bond acceptors (Lipinski definition) is 6. The number of nitrogens with zero attached hydrogens (tertiary/aromatic N) is 2. The van der Waals surface area contributed by atoms with Gasteiger partial charge in [-0.3, -0.25) is 9.36 Å². The van der Waals surface area contributed by atoms with E-state index in [9.17, 15) is 9.59 Å². The molecule has 0 amide bonds. The van der Waals surface area contributed by atoms with Crippen LogP contribution in [0.2, 0.25) is 5.02 Å². The molecule has 0 N–H and O–H groups in total. The van der Waals surface area contributed by atoms with E-state index in [1.807, 2.05) is 13.8 Å². The van der Waals surface area contributed by atoms with Gasteiger partial charge < -0.3 is 9.15 Å². The van der Waals surface area contributed by atoms with Gasteiger partial charge in [-0.25, -0.2) is 9.78 Å². The molecular formula is C18H17ClN2O4S. The molecule has 0 fully saturated rings. The summed E-state index contributed by atoms with van der Waals surface area (Å²) in [5.41, 5.74) is 0.440. The Morgan fingerprint density at radius 1 is 1.35 bits per heavy atom. The highest BCUT2D eigenvalue weighted by Crippen LogP contribution is 2.26. The Kier molecular flexibility index (Phi) is 5.38. The Bertz CT molecular complexity index is 1030. The van der Waals surface area contributed by atoms with Crippen LogP contribution in [0, 0.1) is 0 Å². The van der Waals surface area contributed by atoms with Gasteiger partial charge in [-0.15, -0.1) is 0 Å². The lowest BCUT2D eigenvalue weighted by Gasteiger charge is -2.15. The maximum atomic E-state index is 12.8. The third-order valence-electron chi connectivity index (χ3n) is 3.74. The second-order valence-electron chi connectivity index (χ2n) is 5.87. The Hall–Kier alpha value is -2.25. The Labute approximate surface area is 159 Å². The van der Waals surface area contributed by atoms with E-state index < -0.39 is 5.97 Å². The first-order valence-electron chi connectivity index (χ1n) is 7.92. The summed E-state index contributed by atoms with van der Waals surface area (Å²) in [4.78, 5) is 28.9. The molecule has 1 aromatic carbocycles. The molecule has 0 aliphatic rings. The first kappa shape index (κ1) is 18.5. The van der Waals surface area contributed by atoms with Crippen LogP contribution in [0.5, 0.6) is 0 Å². The van der Waals surface area contributed by atoms with Gasteiger partial charge in [0.15, 0.2) is 5.16 Å². The quantitative estimate of drug-likeness (QED) is 0.366. The number of rotatable bonds is 5. The molecule has 0 radical (unpaired) electrons. The lowest BCUT2D eigenvalue weighted by Crippen LogP contribution is -2.25. The zero-order valence-corrected chi connectivity index (χ0v) is 16.1. The molecule has 136 valence electrons. The van der Waals surface area contributed by atoms with Crippen molar-refractivity contribution in [1.82, 2.24) is 9.55 Å². The second-order valence-corrected chi connectivity index (χ2v) is 7.25. The minimum Gasteiger partial charge on any atom is -0.463 e. The lowest BCUT2D eigenvalue weighted by molar-refractivity contribution is 0.0563. The van der Waals surface area contributed by atoms with Gasteiger partial charge in [0.05, 0.1) is 23.8 Å². The number of halogens is 1. The standard InChI is InChI=1S/C18H17ClN2O4S/c1-10(2)21-16(22)13-6-4-11(19)8-14(13)20-18(21)26-9-12-5-7-15(25-12)17(23)24-3/h4-8,10H,9H2,1-3H3. The van der Waals surface area contributed by atoms with Crippen LogP contribution in [-0.2, 0) is 10.5 Å². The van der Waals surface area contributed by atoms with Gasteiger partial charge in [0.25, 0.3) is 5.56 Å². The van der Waals surface area contributed by atoms with Crippen molar-refractivity contribution in [2.24, 2.45) is 0 Å². The molecule has 0 aliphatic heterocycles. The van der Waals surface area contributed by atoms with E-state index in [2.05, 4.69) is 9.72 Å². The number of furan rings is 1. The molecule has 0 unspecified atom stereocenters. The molecule has 8 heteroatoms. The molecule has 6 nitrogen and oxygen atoms in total. The Morgan fingerprint density at radius 2 is 2.12 bits per heavy atom. The summed E-state index contributed by atoms with van der Waals surface area (Å²) in [5.74, 6) is 0.620. The van der Waals surface area contributed by atoms with Crippen LogP contribution in [-0.4, -0.2) is 22.6 Å². The SMILES string of the molecule is COC(=O)c1ccc(CSc2nc3cc(Cl)ccc3c(=O)n2C(C)C)o1. The van der Waals surface area contributed by atoms with Crippen molar-refractivity contribution in [3.8, 4) is 0 Å². The molecule has 2 heterocycles. The van der Waals surface area contributed by atoms with E-state index in [0.29, 0.717) is 32.6 Å². The minimum absolute atomic E-state index is 0.0557. The number of thioether (sulfide) groups is 1. The highest BCUT2D eigenvalue weighted by Gasteiger charge is 2.16. The molecule has 26 heavy (non-hydrogen) atoms. The van der Waals surface area contributed by atoms with E-state index >= 15 is 0 Å². The van der Waals surface area contributed by atoms with Crippen LogP contribution in [0.1, 0.15) is 36.2 Å². The molecule has 0 spiro atoms. The van der Waals surface area contributed by atoms with Crippen LogP contribution in [0.3, 0.4) is 0 Å². The first-order valence-corrected chi connectivity index (χ1v) is 9.28. The van der Waals surface area contributed by atoms with Gasteiger partial charge in [-0.2, -0.15) is 0 Å². The number of carbonyl (C=O) groups is 1.